The van der Waals surface area contributed by atoms with Crippen LogP contribution in [0.2, 0.25) is 0 Å². The maximum atomic E-state index is 14.8. The molecule has 0 saturated carbocycles. The van der Waals surface area contributed by atoms with Gasteiger partial charge in [-0.1, -0.05) is 47.8 Å². The van der Waals surface area contributed by atoms with Gasteiger partial charge in [0.15, 0.2) is 11.3 Å². The molecule has 0 bridgehead atoms. The number of esters is 1. The zero-order chi connectivity index (χ0) is 58.5. The molecule has 6 atom stereocenters. The minimum absolute atomic E-state index is 0.0416. The van der Waals surface area contributed by atoms with E-state index in [1.807, 2.05) is 0 Å². The summed E-state index contributed by atoms with van der Waals surface area (Å²) in [6, 6.07) is 9.58. The standard InChI is InChI=1S/C48H44N14O16S4/c1-59-45(53-55-57-59)81-18-22-16-79-43-48(76-4,41(73)61(43)31(22)39(70)71)52-38(69)30(50-36(67)27-15-77-35-26(33(27)65)13-14-28(64)34(35)66)21-7-11-25(12-8-21)78-40(72)32-23(19-82-46-54-56-58-60(46)2)17-80-44-47(75-3,42(74)62(32)44)51-37(68)29(49)20-5-9-24(63)10-6-20/h5-15,29-30,43-44,63-64,66H,16-19,49H2,1-4H3,(H,50,67)(H,51,68)(H,52,69)(H,70,71)/t29?,30?,43-,44-,47-,48-/m0/s1. The molecule has 82 heavy (non-hydrogen) atoms. The molecule has 4 aliphatic rings. The predicted octanol–water partition coefficient (Wildman–Crippen LogP) is -0.0413. The number of phenols is 3. The minimum atomic E-state index is -2.21. The predicted molar refractivity (Wildman–Crippen MR) is 286 cm³/mol. The van der Waals surface area contributed by atoms with Gasteiger partial charge in [0.2, 0.25) is 33.3 Å². The number of tetrazole rings is 2. The van der Waals surface area contributed by atoms with Crippen LogP contribution in [0.5, 0.6) is 23.0 Å². The van der Waals surface area contributed by atoms with Gasteiger partial charge in [0, 0.05) is 51.3 Å². The van der Waals surface area contributed by atoms with Gasteiger partial charge in [-0.25, -0.2) is 19.0 Å². The molecule has 2 fully saturated rings. The van der Waals surface area contributed by atoms with Crippen LogP contribution in [0.4, 0.5) is 0 Å². The lowest BCUT2D eigenvalue weighted by atomic mass is 9.96. The Hall–Kier alpha value is -8.54. The molecular weight excluding hydrogens is 1160 g/mol. The number of aryl methyl sites for hydroxylation is 2. The fraction of sp³-hybridized carbons (Fsp3) is 0.292. The third-order valence-electron chi connectivity index (χ3n) is 13.4. The first-order valence-corrected chi connectivity index (χ1v) is 28.0. The number of nitrogens with two attached hydrogens (primary N) is 1. The Morgan fingerprint density at radius 1 is 0.768 bits per heavy atom. The second-order valence-corrected chi connectivity index (χ2v) is 22.2. The largest absolute Gasteiger partial charge is 0.508 e. The number of carbonyl (C=O) groups is 7. The first-order valence-electron chi connectivity index (χ1n) is 23.9. The lowest BCUT2D eigenvalue weighted by molar-refractivity contribution is -0.192. The van der Waals surface area contributed by atoms with Crippen LogP contribution in [-0.2, 0) is 52.3 Å². The van der Waals surface area contributed by atoms with Crippen molar-refractivity contribution < 1.29 is 72.6 Å². The number of nitrogens with one attached hydrogen (secondary N) is 3. The van der Waals surface area contributed by atoms with Gasteiger partial charge in [-0.15, -0.1) is 33.7 Å². The smallest absolute Gasteiger partial charge is 0.360 e. The number of carbonyl (C=O) groups excluding carboxylic acids is 6. The van der Waals surface area contributed by atoms with Gasteiger partial charge in [0.05, 0.1) is 5.39 Å². The number of carboxylic acids is 1. The molecule has 3 aromatic heterocycles. The first kappa shape index (κ1) is 56.7. The third kappa shape index (κ3) is 9.88. The quantitative estimate of drug-likeness (QED) is 0.0132. The molecule has 9 N–H and O–H groups in total. The summed E-state index contributed by atoms with van der Waals surface area (Å²) in [6.07, 6.45) is 0.704. The minimum Gasteiger partial charge on any atom is -0.508 e. The van der Waals surface area contributed by atoms with Crippen LogP contribution >= 0.6 is 47.0 Å². The van der Waals surface area contributed by atoms with Crippen molar-refractivity contribution in [2.45, 2.75) is 44.6 Å². The Morgan fingerprint density at radius 2 is 1.30 bits per heavy atom. The van der Waals surface area contributed by atoms with Crippen molar-refractivity contribution >= 4 is 99.5 Å². The van der Waals surface area contributed by atoms with Crippen LogP contribution in [0.3, 0.4) is 0 Å². The molecule has 0 aliphatic carbocycles. The average Bonchev–Trinajstić information content (AvgIpc) is 1.48. The van der Waals surface area contributed by atoms with Crippen LogP contribution in [-0.4, -0.2) is 172 Å². The highest BCUT2D eigenvalue weighted by Crippen LogP contribution is 2.49. The molecule has 426 valence electrons. The van der Waals surface area contributed by atoms with E-state index in [2.05, 4.69) is 47.0 Å². The molecule has 2 unspecified atom stereocenters. The summed E-state index contributed by atoms with van der Waals surface area (Å²) in [4.78, 5) is 114. The van der Waals surface area contributed by atoms with Gasteiger partial charge in [-0.3, -0.25) is 38.6 Å². The van der Waals surface area contributed by atoms with Crippen LogP contribution < -0.4 is 31.8 Å². The number of benzene rings is 3. The number of hydrogen-bond acceptors (Lipinski definition) is 26. The number of fused-ring (bicyclic) bond motifs is 3. The van der Waals surface area contributed by atoms with E-state index >= 15 is 0 Å². The highest BCUT2D eigenvalue weighted by atomic mass is 32.2. The van der Waals surface area contributed by atoms with Gasteiger partial charge in [-0.05, 0) is 79.5 Å². The number of thioether (sulfide) groups is 4. The number of hydrogen-bond donors (Lipinski definition) is 8. The molecule has 34 heteroatoms. The SMILES string of the molecule is CO[C@@]1(NC(=O)C(NC(=O)c2coc3c(O)c(O)ccc3c2=O)c2ccc(OC(=O)C3=C(CSc4nnnn4C)CS[C@@H]4N3C(=O)[C@]4(NC(=O)C(N)c3ccc(O)cc3)OC)cc2)C(=O)N2C(C(=O)O)=C(CSc3nnnn3C)CS[C@H]21. The van der Waals surface area contributed by atoms with Crippen molar-refractivity contribution in [2.24, 2.45) is 19.8 Å². The highest BCUT2D eigenvalue weighted by Gasteiger charge is 2.68. The lowest BCUT2D eigenvalue weighted by Crippen LogP contribution is -2.81. The van der Waals surface area contributed by atoms with Crippen LogP contribution in [0.1, 0.15) is 33.6 Å². The molecule has 3 aromatic carbocycles. The van der Waals surface area contributed by atoms with Crippen LogP contribution in [0.25, 0.3) is 11.0 Å². The van der Waals surface area contributed by atoms with Crippen molar-refractivity contribution in [3.63, 3.8) is 0 Å². The number of ether oxygens (including phenoxy) is 3. The van der Waals surface area contributed by atoms with E-state index < -0.39 is 104 Å². The molecule has 2 saturated heterocycles. The van der Waals surface area contributed by atoms with Crippen LogP contribution in [0.15, 0.2) is 109 Å². The molecule has 10 rings (SSSR count). The zero-order valence-corrected chi connectivity index (χ0v) is 46.1. The number of aromatic hydroxyl groups is 3. The molecule has 0 spiro atoms. The van der Waals surface area contributed by atoms with Gasteiger partial charge in [0.25, 0.3) is 29.2 Å². The number of aliphatic carboxylic acids is 1. The van der Waals surface area contributed by atoms with Crippen LogP contribution in [0, 0.1) is 0 Å². The molecule has 30 nitrogen and oxygen atoms in total. The Kier molecular flexibility index (Phi) is 15.5. The van der Waals surface area contributed by atoms with E-state index in [1.165, 1.54) is 76.8 Å². The number of phenolic OH excluding ortho intramolecular Hbond substituents is 3. The topological polar surface area (TPSA) is 414 Å². The summed E-state index contributed by atoms with van der Waals surface area (Å²) in [5, 5.41) is 69.1. The second kappa shape index (κ2) is 22.4. The number of rotatable bonds is 19. The number of methoxy groups -OCH3 is 2. The summed E-state index contributed by atoms with van der Waals surface area (Å²) < 4.78 is 25.5. The Bertz CT molecular complexity index is 3760. The summed E-state index contributed by atoms with van der Waals surface area (Å²) in [7, 11) is 5.53. The lowest BCUT2D eigenvalue weighted by Gasteiger charge is -2.56. The first-order chi connectivity index (χ1) is 39.2. The third-order valence-corrected chi connectivity index (χ3v) is 18.4. The van der Waals surface area contributed by atoms with Crippen molar-refractivity contribution in [3.05, 3.63) is 116 Å². The van der Waals surface area contributed by atoms with E-state index in [1.54, 1.807) is 14.1 Å². The molecule has 7 heterocycles. The Balaban J connectivity index is 0.935. The van der Waals surface area contributed by atoms with Crippen molar-refractivity contribution in [2.75, 3.05) is 37.2 Å². The summed E-state index contributed by atoms with van der Waals surface area (Å²) in [5.41, 5.74) is 0.450. The molecule has 6 aromatic rings. The van der Waals surface area contributed by atoms with E-state index in [0.29, 0.717) is 33.3 Å². The summed E-state index contributed by atoms with van der Waals surface area (Å²) in [6.45, 7) is 0. The molecular formula is C48H44N14O16S4. The van der Waals surface area contributed by atoms with Gasteiger partial charge in [0.1, 0.15) is 57.6 Å². The highest BCUT2D eigenvalue weighted by molar-refractivity contribution is 8.01. The fourth-order valence-corrected chi connectivity index (χ4v) is 14.0. The van der Waals surface area contributed by atoms with Gasteiger partial charge < -0.3 is 60.7 Å². The van der Waals surface area contributed by atoms with E-state index in [-0.39, 0.29) is 56.9 Å². The zero-order valence-electron chi connectivity index (χ0n) is 42.9. The Labute approximate surface area is 477 Å². The normalized spacial score (nSPS) is 21.0. The second-order valence-electron chi connectivity index (χ2n) is 18.2. The number of nitrogens with zero attached hydrogens (tertiary/aromatic N) is 10. The number of amides is 5. The van der Waals surface area contributed by atoms with Gasteiger partial charge in [-0.2, -0.15) is 0 Å². The maximum absolute atomic E-state index is 14.8. The average molecular weight is 1200 g/mol. The van der Waals surface area contributed by atoms with E-state index in [4.69, 9.17) is 24.4 Å². The van der Waals surface area contributed by atoms with Crippen molar-refractivity contribution in [1.82, 2.24) is 66.2 Å². The molecule has 0 radical (unpaired) electrons. The summed E-state index contributed by atoms with van der Waals surface area (Å²) >= 11 is 4.55. The number of β-lactam (4-membered cyclic amide) rings is 2. The monoisotopic (exact) mass is 1200 g/mol. The molecule has 5 amide bonds. The summed E-state index contributed by atoms with van der Waals surface area (Å²) in [5.74, 6) is -8.68. The maximum Gasteiger partial charge on any atom is 0.360 e. The fourth-order valence-electron chi connectivity index (χ4n) is 9.16. The number of aromatic nitrogens is 8. The van der Waals surface area contributed by atoms with Crippen molar-refractivity contribution in [3.8, 4) is 23.0 Å². The van der Waals surface area contributed by atoms with Gasteiger partial charge >= 0.3 is 11.9 Å². The molecule has 4 aliphatic heterocycles. The van der Waals surface area contributed by atoms with E-state index in [9.17, 15) is 58.8 Å². The Morgan fingerprint density at radius 3 is 1.84 bits per heavy atom. The van der Waals surface area contributed by atoms with E-state index in [0.717, 1.165) is 64.3 Å². The van der Waals surface area contributed by atoms with Crippen molar-refractivity contribution in [1.29, 1.82) is 0 Å². The number of carboxylic acid groups (broad SMARTS) is 1.